The van der Waals surface area contributed by atoms with Gasteiger partial charge in [-0.05, 0) is 73.9 Å². The van der Waals surface area contributed by atoms with Gasteiger partial charge in [0, 0.05) is 31.2 Å². The molecule has 4 rings (SSSR count). The summed E-state index contributed by atoms with van der Waals surface area (Å²) in [6, 6.07) is 11.0. The van der Waals surface area contributed by atoms with Crippen LogP contribution in [0.4, 0.5) is 9.59 Å². The highest BCUT2D eigenvalue weighted by Gasteiger charge is 2.44. The van der Waals surface area contributed by atoms with Gasteiger partial charge in [-0.3, -0.25) is 0 Å². The molecule has 7 N–H and O–H groups in total. The van der Waals surface area contributed by atoms with Crippen molar-refractivity contribution in [2.24, 2.45) is 0 Å². The van der Waals surface area contributed by atoms with E-state index in [1.165, 1.54) is 0 Å². The van der Waals surface area contributed by atoms with Crippen molar-refractivity contribution >= 4 is 12.1 Å². The van der Waals surface area contributed by atoms with E-state index in [0.29, 0.717) is 51.9 Å². The smallest absolute Gasteiger partial charge is 0.409 e. The van der Waals surface area contributed by atoms with Crippen LogP contribution in [0.25, 0.3) is 0 Å². The Morgan fingerprint density at radius 2 is 1.70 bits per heavy atom. The van der Waals surface area contributed by atoms with Crippen molar-refractivity contribution in [1.82, 2.24) is 15.5 Å². The van der Waals surface area contributed by atoms with Crippen LogP contribution in [-0.4, -0.2) is 106 Å². The lowest BCUT2D eigenvalue weighted by Gasteiger charge is -2.40. The molecule has 0 spiro atoms. The molecule has 2 aromatic rings. The van der Waals surface area contributed by atoms with E-state index in [0.717, 1.165) is 22.3 Å². The number of nitrogens with one attached hydrogen (secondary N) is 2. The second-order valence-corrected chi connectivity index (χ2v) is 11.2. The summed E-state index contributed by atoms with van der Waals surface area (Å²) in [4.78, 5) is 25.8. The lowest BCUT2D eigenvalue weighted by atomic mass is 9.88. The number of hydrogen-bond acceptors (Lipinski definition) is 9. The van der Waals surface area contributed by atoms with Crippen LogP contribution >= 0.6 is 0 Å². The fourth-order valence-corrected chi connectivity index (χ4v) is 5.56. The van der Waals surface area contributed by atoms with Crippen LogP contribution in [0.15, 0.2) is 36.4 Å². The van der Waals surface area contributed by atoms with Crippen LogP contribution in [-0.2, 0) is 22.3 Å². The molecule has 0 radical (unpaired) electrons. The van der Waals surface area contributed by atoms with Crippen LogP contribution in [0.3, 0.4) is 0 Å². The van der Waals surface area contributed by atoms with Crippen molar-refractivity contribution in [3.05, 3.63) is 64.2 Å². The van der Waals surface area contributed by atoms with Crippen molar-refractivity contribution in [3.8, 4) is 5.75 Å². The van der Waals surface area contributed by atoms with E-state index in [9.17, 15) is 35.1 Å². The van der Waals surface area contributed by atoms with Gasteiger partial charge >= 0.3 is 12.1 Å². The first kappa shape index (κ1) is 32.5. The number of likely N-dealkylation sites (tertiary alicyclic amines) is 1. The zero-order valence-corrected chi connectivity index (χ0v) is 24.6. The molecule has 2 aliphatic heterocycles. The molecule has 2 fully saturated rings. The summed E-state index contributed by atoms with van der Waals surface area (Å²) in [5.41, 5.74) is 4.04. The Morgan fingerprint density at radius 1 is 1.02 bits per heavy atom. The van der Waals surface area contributed by atoms with Crippen LogP contribution in [0.1, 0.15) is 53.7 Å². The Hall–Kier alpha value is -3.42. The molecule has 2 aromatic carbocycles. The Kier molecular flexibility index (Phi) is 11.2. The number of aryl methyl sites for hydroxylation is 1. The van der Waals surface area contributed by atoms with Crippen molar-refractivity contribution in [2.75, 3.05) is 32.8 Å². The Bertz CT molecular complexity index is 1230. The molecule has 2 heterocycles. The van der Waals surface area contributed by atoms with E-state index in [4.69, 9.17) is 9.47 Å². The first-order valence-corrected chi connectivity index (χ1v) is 14.8. The highest BCUT2D eigenvalue weighted by atomic mass is 16.6. The predicted molar refractivity (Wildman–Crippen MR) is 157 cm³/mol. The second-order valence-electron chi connectivity index (χ2n) is 11.2. The summed E-state index contributed by atoms with van der Waals surface area (Å²) in [5, 5.41) is 56.8. The minimum absolute atomic E-state index is 0.00883. The lowest BCUT2D eigenvalue weighted by Crippen LogP contribution is -2.55. The number of carbonyl (C=O) groups is 2. The topological polar surface area (TPSA) is 181 Å². The third-order valence-electron chi connectivity index (χ3n) is 8.16. The van der Waals surface area contributed by atoms with E-state index in [2.05, 4.69) is 10.6 Å². The molecule has 0 bridgehead atoms. The molecule has 2 aliphatic rings. The molecule has 2 saturated heterocycles. The molecular weight excluding hydrogens is 558 g/mol. The molecule has 43 heavy (non-hydrogen) atoms. The summed E-state index contributed by atoms with van der Waals surface area (Å²) in [6.45, 7) is 5.00. The zero-order valence-electron chi connectivity index (χ0n) is 24.6. The van der Waals surface area contributed by atoms with Crippen molar-refractivity contribution < 1.29 is 44.6 Å². The SMILES string of the molecule is CCOC(=O)N1CCC(NC(=O)NCCc2ccc(Cc3cc([C@@H]4O[C@H](CO)[C@@H](O)[C@H](O)[C@H]4O)c(O)cc3C)cc2)CC1. The van der Waals surface area contributed by atoms with Crippen LogP contribution in [0.5, 0.6) is 5.75 Å². The van der Waals surface area contributed by atoms with Crippen molar-refractivity contribution in [2.45, 2.75) is 76.1 Å². The number of phenolic OH excluding ortho intramolecular Hbond substituents is 1. The first-order chi connectivity index (χ1) is 20.6. The monoisotopic (exact) mass is 601 g/mol. The van der Waals surface area contributed by atoms with E-state index in [1.807, 2.05) is 31.2 Å². The molecule has 12 nitrogen and oxygen atoms in total. The number of rotatable bonds is 9. The Labute approximate surface area is 251 Å². The van der Waals surface area contributed by atoms with Gasteiger partial charge in [0.05, 0.1) is 13.2 Å². The van der Waals surface area contributed by atoms with Crippen molar-refractivity contribution in [1.29, 1.82) is 0 Å². The molecular formula is C31H43N3O9. The number of phenols is 1. The largest absolute Gasteiger partial charge is 0.508 e. The van der Waals surface area contributed by atoms with Gasteiger partial charge in [-0.25, -0.2) is 9.59 Å². The second kappa shape index (κ2) is 14.8. The van der Waals surface area contributed by atoms with E-state index < -0.39 is 37.1 Å². The normalized spacial score (nSPS) is 24.4. The maximum absolute atomic E-state index is 12.4. The fourth-order valence-electron chi connectivity index (χ4n) is 5.56. The van der Waals surface area contributed by atoms with Gasteiger partial charge in [0.1, 0.15) is 36.3 Å². The third-order valence-corrected chi connectivity index (χ3v) is 8.16. The minimum Gasteiger partial charge on any atom is -0.508 e. The quantitative estimate of drug-likeness (QED) is 0.223. The number of amides is 3. The highest BCUT2D eigenvalue weighted by molar-refractivity contribution is 5.74. The number of carbonyl (C=O) groups excluding carboxylic acids is 2. The van der Waals surface area contributed by atoms with E-state index in [-0.39, 0.29) is 29.5 Å². The maximum atomic E-state index is 12.4. The molecule has 0 unspecified atom stereocenters. The summed E-state index contributed by atoms with van der Waals surface area (Å²) >= 11 is 0. The molecule has 0 aromatic heterocycles. The zero-order chi connectivity index (χ0) is 31.1. The van der Waals surface area contributed by atoms with E-state index in [1.54, 1.807) is 24.0 Å². The van der Waals surface area contributed by atoms with Gasteiger partial charge < -0.3 is 50.5 Å². The fraction of sp³-hybridized carbons (Fsp3) is 0.548. The number of aliphatic hydroxyl groups excluding tert-OH is 4. The number of benzene rings is 2. The highest BCUT2D eigenvalue weighted by Crippen LogP contribution is 2.38. The summed E-state index contributed by atoms with van der Waals surface area (Å²) in [6.07, 6.45) is -4.47. The lowest BCUT2D eigenvalue weighted by molar-refractivity contribution is -0.232. The van der Waals surface area contributed by atoms with Gasteiger partial charge in [0.25, 0.3) is 0 Å². The van der Waals surface area contributed by atoms with Gasteiger partial charge in [0.15, 0.2) is 0 Å². The Balaban J connectivity index is 1.28. The standard InChI is InChI=1S/C31H43N3O9/c1-3-42-31(41)34-12-9-22(10-13-34)33-30(40)32-11-8-19-4-6-20(7-5-19)15-21-16-23(24(36)14-18(21)2)29-28(39)27(38)26(37)25(17-35)43-29/h4-7,14,16,22,25-29,35-39H,3,8-13,15,17H2,1-2H3,(H2,32,33,40)/t25-,26-,27+,28-,29+/m1/s1. The van der Waals surface area contributed by atoms with Crippen molar-refractivity contribution in [3.63, 3.8) is 0 Å². The van der Waals surface area contributed by atoms with Crippen LogP contribution in [0, 0.1) is 6.92 Å². The number of nitrogens with zero attached hydrogens (tertiary/aromatic N) is 1. The molecule has 236 valence electrons. The summed E-state index contributed by atoms with van der Waals surface area (Å²) < 4.78 is 10.7. The number of aromatic hydroxyl groups is 1. The first-order valence-electron chi connectivity index (χ1n) is 14.8. The molecule has 0 saturated carbocycles. The summed E-state index contributed by atoms with van der Waals surface area (Å²) in [7, 11) is 0. The van der Waals surface area contributed by atoms with Crippen LogP contribution in [0.2, 0.25) is 0 Å². The molecule has 0 aliphatic carbocycles. The van der Waals surface area contributed by atoms with Gasteiger partial charge in [-0.15, -0.1) is 0 Å². The van der Waals surface area contributed by atoms with Gasteiger partial charge in [-0.1, -0.05) is 24.3 Å². The van der Waals surface area contributed by atoms with Gasteiger partial charge in [0.2, 0.25) is 0 Å². The number of urea groups is 1. The Morgan fingerprint density at radius 3 is 2.35 bits per heavy atom. The number of ether oxygens (including phenoxy) is 2. The summed E-state index contributed by atoms with van der Waals surface area (Å²) in [5.74, 6) is -0.111. The molecule has 12 heteroatoms. The molecule has 3 amide bonds. The van der Waals surface area contributed by atoms with Crippen LogP contribution < -0.4 is 10.6 Å². The predicted octanol–water partition coefficient (Wildman–Crippen LogP) is 1.27. The third kappa shape index (κ3) is 8.15. The number of piperidine rings is 1. The average Bonchev–Trinajstić information content (AvgIpc) is 2.99. The molecule has 5 atom stereocenters. The maximum Gasteiger partial charge on any atom is 0.409 e. The van der Waals surface area contributed by atoms with Gasteiger partial charge in [-0.2, -0.15) is 0 Å². The number of aliphatic hydroxyl groups is 4. The average molecular weight is 602 g/mol. The number of hydrogen-bond donors (Lipinski definition) is 7. The van der Waals surface area contributed by atoms with E-state index >= 15 is 0 Å². The minimum atomic E-state index is -1.54.